The minimum atomic E-state index is -0.894. The van der Waals surface area contributed by atoms with Crippen LogP contribution in [0, 0.1) is 6.92 Å². The number of carbonyl (C=O) groups excluding carboxylic acids is 1. The third-order valence-electron chi connectivity index (χ3n) is 3.45. The number of nitrogens with one attached hydrogen (secondary N) is 1. The molecule has 2 N–H and O–H groups in total. The van der Waals surface area contributed by atoms with Gasteiger partial charge in [-0.05, 0) is 38.5 Å². The van der Waals surface area contributed by atoms with E-state index < -0.39 is 11.5 Å². The number of hydrogen-bond donors (Lipinski definition) is 2. The summed E-state index contributed by atoms with van der Waals surface area (Å²) in [5.41, 5.74) is -0.209. The number of carbonyl (C=O) groups is 2. The van der Waals surface area contributed by atoms with Crippen LogP contribution >= 0.6 is 0 Å². The van der Waals surface area contributed by atoms with E-state index in [1.807, 2.05) is 0 Å². The second kappa shape index (κ2) is 7.78. The lowest BCUT2D eigenvalue weighted by Gasteiger charge is -2.25. The molecule has 0 aliphatic rings. The molecule has 0 saturated heterocycles. The highest BCUT2D eigenvalue weighted by Crippen LogP contribution is 2.17. The normalized spacial score (nSPS) is 11.2. The minimum absolute atomic E-state index is 0.0133. The van der Waals surface area contributed by atoms with Crippen LogP contribution in [0.5, 0.6) is 5.75 Å². The summed E-state index contributed by atoms with van der Waals surface area (Å²) in [6, 6.07) is 6.69. The molecule has 0 spiro atoms. The standard InChI is InChI=1S/C17H21N3O5/c1-11-18-14(20-25-11)10-24-13-6-4-5-12(9-13)16(23)19-17(2,3)8-7-15(21)22/h4-6,9H,7-8,10H2,1-3H3,(H,19,23)(H,21,22). The van der Waals surface area contributed by atoms with Crippen molar-refractivity contribution in [1.29, 1.82) is 0 Å². The van der Waals surface area contributed by atoms with Crippen molar-refractivity contribution in [3.63, 3.8) is 0 Å². The molecular formula is C17H21N3O5. The first-order valence-electron chi connectivity index (χ1n) is 7.81. The van der Waals surface area contributed by atoms with Crippen LogP contribution in [0.2, 0.25) is 0 Å². The number of ether oxygens (including phenoxy) is 1. The highest BCUT2D eigenvalue weighted by Gasteiger charge is 2.22. The summed E-state index contributed by atoms with van der Waals surface area (Å²) in [6.07, 6.45) is 0.321. The van der Waals surface area contributed by atoms with Crippen LogP contribution in [0.15, 0.2) is 28.8 Å². The first kappa shape index (κ1) is 18.4. The number of rotatable bonds is 8. The van der Waals surface area contributed by atoms with Gasteiger partial charge in [-0.3, -0.25) is 9.59 Å². The summed E-state index contributed by atoms with van der Waals surface area (Å²) in [4.78, 5) is 27.1. The summed E-state index contributed by atoms with van der Waals surface area (Å²) in [7, 11) is 0. The van der Waals surface area contributed by atoms with Crippen molar-refractivity contribution in [2.24, 2.45) is 0 Å². The average Bonchev–Trinajstić information content (AvgIpc) is 2.96. The van der Waals surface area contributed by atoms with Crippen molar-refractivity contribution in [2.75, 3.05) is 0 Å². The van der Waals surface area contributed by atoms with E-state index in [9.17, 15) is 9.59 Å². The van der Waals surface area contributed by atoms with Crippen molar-refractivity contribution < 1.29 is 24.0 Å². The van der Waals surface area contributed by atoms with Gasteiger partial charge in [0.05, 0.1) is 0 Å². The molecule has 8 nitrogen and oxygen atoms in total. The van der Waals surface area contributed by atoms with E-state index in [4.69, 9.17) is 14.4 Å². The lowest BCUT2D eigenvalue weighted by atomic mass is 9.97. The molecule has 1 aromatic heterocycles. The summed E-state index contributed by atoms with van der Waals surface area (Å²) in [6.45, 7) is 5.39. The van der Waals surface area contributed by atoms with Gasteiger partial charge in [0.1, 0.15) is 5.75 Å². The van der Waals surface area contributed by atoms with E-state index in [1.54, 1.807) is 45.0 Å². The quantitative estimate of drug-likeness (QED) is 0.753. The maximum absolute atomic E-state index is 12.4. The van der Waals surface area contributed by atoms with Crippen LogP contribution in [0.3, 0.4) is 0 Å². The Balaban J connectivity index is 1.97. The number of amides is 1. The molecule has 1 aromatic carbocycles. The monoisotopic (exact) mass is 347 g/mol. The van der Waals surface area contributed by atoms with E-state index in [2.05, 4.69) is 15.5 Å². The Hall–Kier alpha value is -2.90. The van der Waals surface area contributed by atoms with Gasteiger partial charge in [0.15, 0.2) is 6.61 Å². The molecule has 2 rings (SSSR count). The van der Waals surface area contributed by atoms with Crippen molar-refractivity contribution in [2.45, 2.75) is 45.8 Å². The molecule has 0 radical (unpaired) electrons. The second-order valence-corrected chi connectivity index (χ2v) is 6.28. The smallest absolute Gasteiger partial charge is 0.303 e. The zero-order valence-corrected chi connectivity index (χ0v) is 14.4. The van der Waals surface area contributed by atoms with Gasteiger partial charge >= 0.3 is 5.97 Å². The predicted molar refractivity (Wildman–Crippen MR) is 88.2 cm³/mol. The number of aryl methyl sites for hydroxylation is 1. The molecule has 134 valence electrons. The van der Waals surface area contributed by atoms with Crippen LogP contribution in [-0.4, -0.2) is 32.7 Å². The Morgan fingerprint density at radius 3 is 2.76 bits per heavy atom. The summed E-state index contributed by atoms with van der Waals surface area (Å²) >= 11 is 0. The van der Waals surface area contributed by atoms with Gasteiger partial charge < -0.3 is 19.7 Å². The van der Waals surface area contributed by atoms with E-state index in [1.165, 1.54) is 0 Å². The maximum Gasteiger partial charge on any atom is 0.303 e. The second-order valence-electron chi connectivity index (χ2n) is 6.28. The molecule has 8 heteroatoms. The molecular weight excluding hydrogens is 326 g/mol. The van der Waals surface area contributed by atoms with E-state index in [0.717, 1.165) is 0 Å². The molecule has 0 unspecified atom stereocenters. The molecule has 0 aliphatic heterocycles. The SMILES string of the molecule is Cc1nc(COc2cccc(C(=O)NC(C)(C)CCC(=O)O)c2)no1. The number of carboxylic acids is 1. The fourth-order valence-corrected chi connectivity index (χ4v) is 2.14. The largest absolute Gasteiger partial charge is 0.485 e. The topological polar surface area (TPSA) is 115 Å². The van der Waals surface area contributed by atoms with Crippen molar-refractivity contribution in [3.05, 3.63) is 41.5 Å². The molecule has 0 bridgehead atoms. The van der Waals surface area contributed by atoms with Gasteiger partial charge in [-0.2, -0.15) is 4.98 Å². The molecule has 0 aliphatic carbocycles. The number of aliphatic carboxylic acids is 1. The van der Waals surface area contributed by atoms with Gasteiger partial charge in [0.2, 0.25) is 11.7 Å². The summed E-state index contributed by atoms with van der Waals surface area (Å²) < 4.78 is 10.4. The van der Waals surface area contributed by atoms with Gasteiger partial charge in [0.25, 0.3) is 5.91 Å². The van der Waals surface area contributed by atoms with Crippen LogP contribution in [0.25, 0.3) is 0 Å². The lowest BCUT2D eigenvalue weighted by molar-refractivity contribution is -0.137. The zero-order valence-electron chi connectivity index (χ0n) is 14.4. The number of nitrogens with zero attached hydrogens (tertiary/aromatic N) is 2. The molecule has 0 saturated carbocycles. The molecule has 2 aromatic rings. The minimum Gasteiger partial charge on any atom is -0.485 e. The first-order valence-corrected chi connectivity index (χ1v) is 7.81. The van der Waals surface area contributed by atoms with Crippen LogP contribution in [0.4, 0.5) is 0 Å². The van der Waals surface area contributed by atoms with Crippen LogP contribution < -0.4 is 10.1 Å². The van der Waals surface area contributed by atoms with Crippen LogP contribution in [-0.2, 0) is 11.4 Å². The van der Waals surface area contributed by atoms with Gasteiger partial charge in [-0.15, -0.1) is 0 Å². The van der Waals surface area contributed by atoms with E-state index in [0.29, 0.717) is 29.4 Å². The van der Waals surface area contributed by atoms with E-state index in [-0.39, 0.29) is 18.9 Å². The van der Waals surface area contributed by atoms with Crippen molar-refractivity contribution in [1.82, 2.24) is 15.5 Å². The molecule has 25 heavy (non-hydrogen) atoms. The highest BCUT2D eigenvalue weighted by atomic mass is 16.5. The molecule has 1 heterocycles. The van der Waals surface area contributed by atoms with Gasteiger partial charge in [-0.1, -0.05) is 11.2 Å². The molecule has 1 amide bonds. The Morgan fingerprint density at radius 2 is 2.12 bits per heavy atom. The third-order valence-corrected chi connectivity index (χ3v) is 3.45. The Labute approximate surface area is 145 Å². The number of hydrogen-bond acceptors (Lipinski definition) is 6. The first-order chi connectivity index (χ1) is 11.7. The fraction of sp³-hybridized carbons (Fsp3) is 0.412. The van der Waals surface area contributed by atoms with Gasteiger partial charge in [-0.25, -0.2) is 0 Å². The van der Waals surface area contributed by atoms with Gasteiger partial charge in [0, 0.05) is 24.4 Å². The summed E-state index contributed by atoms with van der Waals surface area (Å²) in [5, 5.41) is 15.3. The molecule has 0 atom stereocenters. The van der Waals surface area contributed by atoms with Crippen molar-refractivity contribution >= 4 is 11.9 Å². The number of carboxylic acid groups (broad SMARTS) is 1. The lowest BCUT2D eigenvalue weighted by Crippen LogP contribution is -2.43. The Morgan fingerprint density at radius 1 is 1.36 bits per heavy atom. The van der Waals surface area contributed by atoms with Crippen molar-refractivity contribution in [3.8, 4) is 5.75 Å². The Bertz CT molecular complexity index is 754. The zero-order chi connectivity index (χ0) is 18.4. The summed E-state index contributed by atoms with van der Waals surface area (Å²) in [5.74, 6) is 0.182. The highest BCUT2D eigenvalue weighted by molar-refractivity contribution is 5.95. The fourth-order valence-electron chi connectivity index (χ4n) is 2.14. The maximum atomic E-state index is 12.4. The number of aromatic nitrogens is 2. The third kappa shape index (κ3) is 5.91. The predicted octanol–water partition coefficient (Wildman–Crippen LogP) is 2.33. The average molecular weight is 347 g/mol. The molecule has 0 fully saturated rings. The Kier molecular flexibility index (Phi) is 5.74. The van der Waals surface area contributed by atoms with E-state index >= 15 is 0 Å². The number of benzene rings is 1. The van der Waals surface area contributed by atoms with Crippen LogP contribution in [0.1, 0.15) is 48.8 Å².